The molecule has 0 aromatic carbocycles. The molecule has 1 saturated heterocycles. The molecular weight excluding hydrogens is 245 g/mol. The minimum Gasteiger partial charge on any atom is -0.298 e. The Hall–Kier alpha value is -0.0200. The molecule has 0 saturated carbocycles. The van der Waals surface area contributed by atoms with Crippen LogP contribution >= 0.6 is 12.2 Å². The molecule has 1 aliphatic heterocycles. The Labute approximate surface area is 96.9 Å². The maximum atomic E-state index is 11.6. The average molecular weight is 260 g/mol. The summed E-state index contributed by atoms with van der Waals surface area (Å²) in [6, 6.07) is 0.458. The third kappa shape index (κ3) is 5.35. The molecule has 0 atom stereocenters. The first-order valence-corrected chi connectivity index (χ1v) is 5.66. The topological polar surface area (TPSA) is 24.9 Å². The van der Waals surface area contributed by atoms with Crippen LogP contribution in [0.2, 0.25) is 0 Å². The van der Waals surface area contributed by atoms with Crippen molar-refractivity contribution in [1.82, 2.24) is 9.21 Å². The van der Waals surface area contributed by atoms with Gasteiger partial charge in [-0.25, -0.2) is 4.31 Å². The predicted molar refractivity (Wildman–Crippen MR) is 54.1 cm³/mol. The molecule has 0 aromatic heterocycles. The van der Waals surface area contributed by atoms with Crippen molar-refractivity contribution in [3.63, 3.8) is 0 Å². The molecule has 0 aliphatic carbocycles. The predicted octanol–water partition coefficient (Wildman–Crippen LogP) is 2.04. The third-order valence-electron chi connectivity index (χ3n) is 2.27. The number of halogens is 3. The summed E-state index contributed by atoms with van der Waals surface area (Å²) in [4.78, 5) is 5.47. The number of rotatable bonds is 4. The van der Waals surface area contributed by atoms with E-state index >= 15 is 0 Å². The summed E-state index contributed by atoms with van der Waals surface area (Å²) in [5.74, 6) is 0. The maximum Gasteiger partial charge on any atom is 0.550 e. The molecule has 0 bridgehead atoms. The first kappa shape index (κ1) is 14.0. The van der Waals surface area contributed by atoms with Gasteiger partial charge in [0, 0.05) is 32.2 Å². The summed E-state index contributed by atoms with van der Waals surface area (Å²) in [5.41, 5.74) is 0. The van der Waals surface area contributed by atoms with Gasteiger partial charge in [0.25, 0.3) is 0 Å². The van der Waals surface area contributed by atoms with Crippen molar-refractivity contribution in [2.75, 3.05) is 26.2 Å². The second-order valence-electron chi connectivity index (χ2n) is 3.73. The molecule has 0 radical (unpaired) electrons. The molecule has 0 N–H and O–H groups in total. The van der Waals surface area contributed by atoms with E-state index in [1.165, 1.54) is 0 Å². The van der Waals surface area contributed by atoms with Crippen molar-refractivity contribution >= 4 is 12.2 Å². The molecule has 1 heterocycles. The van der Waals surface area contributed by atoms with Gasteiger partial charge in [-0.1, -0.05) is 0 Å². The fourth-order valence-corrected chi connectivity index (χ4v) is 1.90. The highest BCUT2D eigenvalue weighted by Gasteiger charge is 2.32. The molecule has 8 heteroatoms. The maximum absolute atomic E-state index is 11.6. The molecular formula is C8H15F3N2O2S. The van der Waals surface area contributed by atoms with E-state index in [0.717, 1.165) is 13.1 Å². The van der Waals surface area contributed by atoms with Crippen molar-refractivity contribution in [2.24, 2.45) is 0 Å². The van der Waals surface area contributed by atoms with Crippen LogP contribution in [0.25, 0.3) is 0 Å². The fraction of sp³-hybridized carbons (Fsp3) is 1.00. The quantitative estimate of drug-likeness (QED) is 0.333. The summed E-state index contributed by atoms with van der Waals surface area (Å²) in [5, 5.41) is 0. The zero-order valence-electron chi connectivity index (χ0n) is 9.16. The van der Waals surface area contributed by atoms with Gasteiger partial charge in [-0.15, -0.1) is 22.4 Å². The Balaban J connectivity index is 2.13. The molecule has 16 heavy (non-hydrogen) atoms. The molecule has 0 amide bonds. The Morgan fingerprint density at radius 1 is 1.12 bits per heavy atom. The Kier molecular flexibility index (Phi) is 5.32. The number of hydrogen-bond donors (Lipinski definition) is 0. The summed E-state index contributed by atoms with van der Waals surface area (Å²) in [6.45, 7) is 7.13. The van der Waals surface area contributed by atoms with Crippen molar-refractivity contribution in [1.29, 1.82) is 0 Å². The van der Waals surface area contributed by atoms with Gasteiger partial charge in [0.05, 0.1) is 0 Å². The van der Waals surface area contributed by atoms with E-state index in [0.29, 0.717) is 31.4 Å². The van der Waals surface area contributed by atoms with E-state index in [1.807, 2.05) is 0 Å². The monoisotopic (exact) mass is 260 g/mol. The highest BCUT2D eigenvalue weighted by molar-refractivity contribution is 7.92. The zero-order valence-corrected chi connectivity index (χ0v) is 9.98. The van der Waals surface area contributed by atoms with Crippen LogP contribution in [-0.4, -0.2) is 47.8 Å². The van der Waals surface area contributed by atoms with Crippen LogP contribution < -0.4 is 0 Å². The molecule has 1 fully saturated rings. The normalized spacial score (nSPS) is 20.6. The lowest BCUT2D eigenvalue weighted by molar-refractivity contribution is -0.441. The number of piperazine rings is 1. The van der Waals surface area contributed by atoms with Crippen molar-refractivity contribution in [3.05, 3.63) is 0 Å². The highest BCUT2D eigenvalue weighted by Crippen LogP contribution is 2.22. The van der Waals surface area contributed by atoms with Crippen molar-refractivity contribution in [3.8, 4) is 0 Å². The molecule has 0 unspecified atom stereocenters. The molecule has 0 spiro atoms. The van der Waals surface area contributed by atoms with Crippen LogP contribution in [0.1, 0.15) is 13.8 Å². The van der Waals surface area contributed by atoms with Crippen LogP contribution in [-0.2, 0) is 9.22 Å². The van der Waals surface area contributed by atoms with Gasteiger partial charge in [0.15, 0.2) is 0 Å². The zero-order chi connectivity index (χ0) is 12.2. The number of hydrogen-bond acceptors (Lipinski definition) is 5. The summed E-state index contributed by atoms with van der Waals surface area (Å²) in [7, 11) is 0. The summed E-state index contributed by atoms with van der Waals surface area (Å²) < 4.78 is 40.5. The Morgan fingerprint density at radius 2 is 1.69 bits per heavy atom. The van der Waals surface area contributed by atoms with Crippen LogP contribution in [0.5, 0.6) is 0 Å². The van der Waals surface area contributed by atoms with Crippen LogP contribution in [0.4, 0.5) is 13.2 Å². The van der Waals surface area contributed by atoms with E-state index < -0.39 is 6.36 Å². The van der Waals surface area contributed by atoms with Gasteiger partial charge in [0.1, 0.15) is 12.2 Å². The average Bonchev–Trinajstić information content (AvgIpc) is 2.16. The number of nitrogens with zero attached hydrogens (tertiary/aromatic N) is 2. The van der Waals surface area contributed by atoms with E-state index in [-0.39, 0.29) is 0 Å². The van der Waals surface area contributed by atoms with Crippen LogP contribution in [0.15, 0.2) is 0 Å². The largest absolute Gasteiger partial charge is 0.550 e. The van der Waals surface area contributed by atoms with Gasteiger partial charge in [0.2, 0.25) is 0 Å². The van der Waals surface area contributed by atoms with Crippen molar-refractivity contribution < 1.29 is 22.4 Å². The van der Waals surface area contributed by atoms with Gasteiger partial charge in [-0.3, -0.25) is 4.90 Å². The fourth-order valence-electron chi connectivity index (χ4n) is 1.39. The van der Waals surface area contributed by atoms with E-state index in [2.05, 4.69) is 28.0 Å². The van der Waals surface area contributed by atoms with Gasteiger partial charge in [-0.2, -0.15) is 0 Å². The Morgan fingerprint density at radius 3 is 2.12 bits per heavy atom. The lowest BCUT2D eigenvalue weighted by Crippen LogP contribution is -2.46. The van der Waals surface area contributed by atoms with E-state index in [9.17, 15) is 13.2 Å². The second kappa shape index (κ2) is 6.06. The molecule has 96 valence electrons. The summed E-state index contributed by atoms with van der Waals surface area (Å²) >= 11 is 0.602. The minimum absolute atomic E-state index is 0.458. The third-order valence-corrected chi connectivity index (χ3v) is 2.97. The lowest BCUT2D eigenvalue weighted by Gasteiger charge is -2.35. The summed E-state index contributed by atoms with van der Waals surface area (Å²) in [6.07, 6.45) is -4.74. The van der Waals surface area contributed by atoms with Gasteiger partial charge < -0.3 is 0 Å². The van der Waals surface area contributed by atoms with E-state index in [4.69, 9.17) is 0 Å². The van der Waals surface area contributed by atoms with Crippen LogP contribution in [0, 0.1) is 0 Å². The van der Waals surface area contributed by atoms with Crippen molar-refractivity contribution in [2.45, 2.75) is 26.3 Å². The smallest absolute Gasteiger partial charge is 0.298 e. The molecule has 0 aromatic rings. The van der Waals surface area contributed by atoms with Crippen LogP contribution in [0.3, 0.4) is 0 Å². The van der Waals surface area contributed by atoms with Gasteiger partial charge in [-0.05, 0) is 13.8 Å². The Bertz CT molecular complexity index is 208. The van der Waals surface area contributed by atoms with E-state index in [1.54, 1.807) is 4.31 Å². The molecule has 1 aliphatic rings. The minimum atomic E-state index is -4.74. The SMILES string of the molecule is CC(C)N1CCN(SOOC(F)(F)F)CC1. The molecule has 4 nitrogen and oxygen atoms in total. The second-order valence-corrected chi connectivity index (χ2v) is 4.53. The number of alkyl halides is 3. The van der Waals surface area contributed by atoms with Gasteiger partial charge >= 0.3 is 6.36 Å². The standard InChI is InChI=1S/C8H15F3N2O2S/c1-7(2)12-3-5-13(6-4-12)16-15-14-8(9,10)11/h7H,3-6H2,1-2H3. The molecule has 1 rings (SSSR count). The first-order chi connectivity index (χ1) is 7.38. The lowest BCUT2D eigenvalue weighted by atomic mass is 10.3. The highest BCUT2D eigenvalue weighted by atomic mass is 32.2. The first-order valence-electron chi connectivity index (χ1n) is 4.96.